The molecule has 0 bridgehead atoms. The Labute approximate surface area is 239 Å². The normalized spacial score (nSPS) is 10.8. The number of nitrogens with zero attached hydrogens (tertiary/aromatic N) is 3. The van der Waals surface area contributed by atoms with E-state index in [0.717, 1.165) is 46.5 Å². The van der Waals surface area contributed by atoms with Gasteiger partial charge in [0.25, 0.3) is 5.91 Å². The van der Waals surface area contributed by atoms with E-state index in [1.807, 2.05) is 36.6 Å². The lowest BCUT2D eigenvalue weighted by Crippen LogP contribution is -2.25. The molecule has 0 fully saturated rings. The van der Waals surface area contributed by atoms with Crippen molar-refractivity contribution in [3.63, 3.8) is 0 Å². The van der Waals surface area contributed by atoms with E-state index in [2.05, 4.69) is 52.9 Å². The van der Waals surface area contributed by atoms with Crippen molar-refractivity contribution in [1.29, 1.82) is 0 Å². The van der Waals surface area contributed by atoms with Gasteiger partial charge in [-0.2, -0.15) is 0 Å². The van der Waals surface area contributed by atoms with E-state index in [0.29, 0.717) is 22.3 Å². The number of carbonyl (C=O) groups excluding carboxylic acids is 2. The van der Waals surface area contributed by atoms with Gasteiger partial charge in [-0.15, -0.1) is 10.2 Å². The smallest absolute Gasteiger partial charge is 0.251 e. The molecule has 0 saturated heterocycles. The zero-order valence-electron chi connectivity index (χ0n) is 23.6. The molecular formula is C31H35N5O3S. The molecule has 0 unspecified atom stereocenters. The number of rotatable bonds is 11. The highest BCUT2D eigenvalue weighted by Crippen LogP contribution is 2.29. The molecule has 1 aromatic heterocycles. The number of anilines is 1. The Balaban J connectivity index is 1.59. The zero-order valence-corrected chi connectivity index (χ0v) is 24.4. The molecule has 0 aliphatic heterocycles. The molecule has 8 nitrogen and oxygen atoms in total. The summed E-state index contributed by atoms with van der Waals surface area (Å²) < 4.78 is 7.18. The van der Waals surface area contributed by atoms with Gasteiger partial charge in [-0.3, -0.25) is 14.2 Å². The summed E-state index contributed by atoms with van der Waals surface area (Å²) in [5.41, 5.74) is 6.76. The third kappa shape index (κ3) is 6.71. The molecule has 0 spiro atoms. The van der Waals surface area contributed by atoms with Gasteiger partial charge in [-0.1, -0.05) is 61.5 Å². The van der Waals surface area contributed by atoms with Crippen LogP contribution in [0.1, 0.15) is 52.3 Å². The maximum absolute atomic E-state index is 12.9. The zero-order chi connectivity index (χ0) is 28.6. The molecule has 0 saturated carbocycles. The summed E-state index contributed by atoms with van der Waals surface area (Å²) in [5.74, 6) is 1.09. The Morgan fingerprint density at radius 3 is 2.27 bits per heavy atom. The summed E-state index contributed by atoms with van der Waals surface area (Å²) in [6.45, 7) is 8.40. The van der Waals surface area contributed by atoms with Crippen LogP contribution < -0.4 is 15.4 Å². The topological polar surface area (TPSA) is 98.1 Å². The van der Waals surface area contributed by atoms with Gasteiger partial charge >= 0.3 is 0 Å². The highest BCUT2D eigenvalue weighted by Gasteiger charge is 2.21. The predicted octanol–water partition coefficient (Wildman–Crippen LogP) is 5.68. The van der Waals surface area contributed by atoms with Gasteiger partial charge in [0.1, 0.15) is 5.75 Å². The third-order valence-corrected chi connectivity index (χ3v) is 7.57. The van der Waals surface area contributed by atoms with Crippen molar-refractivity contribution < 1.29 is 14.3 Å². The molecule has 3 aromatic carbocycles. The molecule has 4 rings (SSSR count). The van der Waals surface area contributed by atoms with E-state index >= 15 is 0 Å². The number of ether oxygens (including phenoxy) is 1. The van der Waals surface area contributed by atoms with Gasteiger partial charge in [0.2, 0.25) is 5.91 Å². The van der Waals surface area contributed by atoms with Gasteiger partial charge in [0.05, 0.1) is 25.1 Å². The number of carbonyl (C=O) groups is 2. The Morgan fingerprint density at radius 2 is 1.65 bits per heavy atom. The Kier molecular flexibility index (Phi) is 9.60. The number of aromatic nitrogens is 3. The molecule has 40 heavy (non-hydrogen) atoms. The summed E-state index contributed by atoms with van der Waals surface area (Å²) in [6, 6.07) is 19.1. The van der Waals surface area contributed by atoms with Crippen LogP contribution >= 0.6 is 11.8 Å². The van der Waals surface area contributed by atoms with Crippen molar-refractivity contribution in [1.82, 2.24) is 20.1 Å². The maximum atomic E-state index is 12.9. The van der Waals surface area contributed by atoms with Crippen LogP contribution in [0.5, 0.6) is 5.75 Å². The standard InChI is InChI=1S/C31H35N5O3S/c1-6-22-9-8-10-23(7-2)29(22)36-27(18-32-30(38)24-12-14-25(39-5)15-13-24)34-35-31(36)40-19-28(37)33-26-16-11-20(3)17-21(26)4/h8-17H,6-7,18-19H2,1-5H3,(H,32,38)(H,33,37). The van der Waals surface area contributed by atoms with E-state index in [1.165, 1.54) is 11.8 Å². The minimum Gasteiger partial charge on any atom is -0.497 e. The monoisotopic (exact) mass is 557 g/mol. The van der Waals surface area contributed by atoms with Gasteiger partial charge < -0.3 is 15.4 Å². The third-order valence-electron chi connectivity index (χ3n) is 6.64. The average molecular weight is 558 g/mol. The van der Waals surface area contributed by atoms with Crippen LogP contribution in [0.25, 0.3) is 5.69 Å². The van der Waals surface area contributed by atoms with Gasteiger partial charge in [0, 0.05) is 11.3 Å². The second-order valence-corrected chi connectivity index (χ2v) is 10.4. The summed E-state index contributed by atoms with van der Waals surface area (Å²) >= 11 is 1.32. The second-order valence-electron chi connectivity index (χ2n) is 9.43. The van der Waals surface area contributed by atoms with Crippen LogP contribution in [0, 0.1) is 13.8 Å². The number of methoxy groups -OCH3 is 1. The van der Waals surface area contributed by atoms with Crippen LogP contribution in [0.15, 0.2) is 65.8 Å². The quantitative estimate of drug-likeness (QED) is 0.230. The number of para-hydroxylation sites is 1. The molecule has 0 aliphatic rings. The van der Waals surface area contributed by atoms with Crippen LogP contribution in [-0.2, 0) is 24.2 Å². The average Bonchev–Trinajstić information content (AvgIpc) is 3.37. The van der Waals surface area contributed by atoms with Crippen molar-refractivity contribution in [3.8, 4) is 11.4 Å². The molecular weight excluding hydrogens is 522 g/mol. The van der Waals surface area contributed by atoms with Gasteiger partial charge in [-0.25, -0.2) is 0 Å². The number of hydrogen-bond acceptors (Lipinski definition) is 6. The molecule has 1 heterocycles. The van der Waals surface area contributed by atoms with Crippen molar-refractivity contribution >= 4 is 29.3 Å². The van der Waals surface area contributed by atoms with Crippen LogP contribution in [-0.4, -0.2) is 39.4 Å². The SMILES string of the molecule is CCc1cccc(CC)c1-n1c(CNC(=O)c2ccc(OC)cc2)nnc1SCC(=O)Nc1ccc(C)cc1C. The van der Waals surface area contributed by atoms with Gasteiger partial charge in [-0.05, 0) is 73.7 Å². The van der Waals surface area contributed by atoms with Crippen LogP contribution in [0.2, 0.25) is 0 Å². The molecule has 9 heteroatoms. The van der Waals surface area contributed by atoms with Crippen LogP contribution in [0.3, 0.4) is 0 Å². The fourth-order valence-corrected chi connectivity index (χ4v) is 5.27. The summed E-state index contributed by atoms with van der Waals surface area (Å²) in [6.07, 6.45) is 1.63. The highest BCUT2D eigenvalue weighted by atomic mass is 32.2. The second kappa shape index (κ2) is 13.3. The molecule has 0 aliphatic carbocycles. The molecule has 2 amide bonds. The van der Waals surface area contributed by atoms with E-state index < -0.39 is 0 Å². The number of amides is 2. The summed E-state index contributed by atoms with van der Waals surface area (Å²) in [5, 5.41) is 15.5. The predicted molar refractivity (Wildman–Crippen MR) is 160 cm³/mol. The number of hydrogen-bond donors (Lipinski definition) is 2. The lowest BCUT2D eigenvalue weighted by molar-refractivity contribution is -0.113. The summed E-state index contributed by atoms with van der Waals surface area (Å²) in [7, 11) is 1.59. The maximum Gasteiger partial charge on any atom is 0.251 e. The lowest BCUT2D eigenvalue weighted by Gasteiger charge is -2.18. The van der Waals surface area contributed by atoms with Crippen molar-refractivity contribution in [3.05, 3.63) is 94.3 Å². The number of thioether (sulfide) groups is 1. The first-order valence-corrected chi connectivity index (χ1v) is 14.3. The first-order chi connectivity index (χ1) is 19.3. The Bertz CT molecular complexity index is 1480. The number of nitrogens with one attached hydrogen (secondary N) is 2. The van der Waals surface area contributed by atoms with Crippen molar-refractivity contribution in [2.45, 2.75) is 52.2 Å². The van der Waals surface area contributed by atoms with E-state index in [-0.39, 0.29) is 24.1 Å². The molecule has 0 radical (unpaired) electrons. The van der Waals surface area contributed by atoms with Crippen molar-refractivity contribution in [2.75, 3.05) is 18.2 Å². The largest absolute Gasteiger partial charge is 0.497 e. The minimum absolute atomic E-state index is 0.125. The minimum atomic E-state index is -0.223. The molecule has 0 atom stereocenters. The van der Waals surface area contributed by atoms with E-state index in [9.17, 15) is 9.59 Å². The van der Waals surface area contributed by atoms with E-state index in [4.69, 9.17) is 4.74 Å². The number of benzene rings is 3. The first-order valence-electron chi connectivity index (χ1n) is 13.3. The fraction of sp³-hybridized carbons (Fsp3) is 0.290. The van der Waals surface area contributed by atoms with E-state index in [1.54, 1.807) is 31.4 Å². The summed E-state index contributed by atoms with van der Waals surface area (Å²) in [4.78, 5) is 25.8. The van der Waals surface area contributed by atoms with Crippen molar-refractivity contribution in [2.24, 2.45) is 0 Å². The number of aryl methyl sites for hydroxylation is 4. The Morgan fingerprint density at radius 1 is 0.950 bits per heavy atom. The fourth-order valence-electron chi connectivity index (χ4n) is 4.51. The Hall–Kier alpha value is -4.11. The first kappa shape index (κ1) is 28.9. The highest BCUT2D eigenvalue weighted by molar-refractivity contribution is 7.99. The molecule has 208 valence electrons. The molecule has 4 aromatic rings. The van der Waals surface area contributed by atoms with Crippen LogP contribution in [0.4, 0.5) is 5.69 Å². The lowest BCUT2D eigenvalue weighted by atomic mass is 10.0. The van der Waals surface area contributed by atoms with Gasteiger partial charge in [0.15, 0.2) is 11.0 Å². The molecule has 2 N–H and O–H groups in total.